The number of rotatable bonds is 4. The summed E-state index contributed by atoms with van der Waals surface area (Å²) in [6.07, 6.45) is -0.930. The van der Waals surface area contributed by atoms with E-state index in [9.17, 15) is 9.59 Å². The van der Waals surface area contributed by atoms with Gasteiger partial charge in [0.2, 0.25) is 5.91 Å². The standard InChI is InChI=1S/C7H14N2O4/c1-8(7(11)12)5-4-6(10)9(2)13-3/h4-5H2,1-3H3,(H,11,12). The number of hydrogen-bond donors (Lipinski definition) is 1. The average molecular weight is 190 g/mol. The van der Waals surface area contributed by atoms with Crippen LogP contribution in [0.3, 0.4) is 0 Å². The first-order valence-electron chi connectivity index (χ1n) is 3.73. The van der Waals surface area contributed by atoms with E-state index in [1.807, 2.05) is 0 Å². The highest BCUT2D eigenvalue weighted by molar-refractivity contribution is 5.75. The zero-order chi connectivity index (χ0) is 10.4. The Morgan fingerprint density at radius 1 is 1.38 bits per heavy atom. The molecule has 6 heteroatoms. The molecular weight excluding hydrogens is 176 g/mol. The van der Waals surface area contributed by atoms with Gasteiger partial charge in [0, 0.05) is 27.1 Å². The fourth-order valence-electron chi connectivity index (χ4n) is 0.618. The van der Waals surface area contributed by atoms with Crippen LogP contribution < -0.4 is 0 Å². The second-order valence-electron chi connectivity index (χ2n) is 2.53. The van der Waals surface area contributed by atoms with E-state index in [-0.39, 0.29) is 18.9 Å². The molecule has 0 aromatic rings. The highest BCUT2D eigenvalue weighted by Gasteiger charge is 2.11. The van der Waals surface area contributed by atoms with Gasteiger partial charge in [0.15, 0.2) is 0 Å². The minimum Gasteiger partial charge on any atom is -0.465 e. The van der Waals surface area contributed by atoms with E-state index >= 15 is 0 Å². The topological polar surface area (TPSA) is 70.1 Å². The lowest BCUT2D eigenvalue weighted by molar-refractivity contribution is -0.168. The number of carboxylic acid groups (broad SMARTS) is 1. The van der Waals surface area contributed by atoms with Gasteiger partial charge >= 0.3 is 6.09 Å². The molecule has 13 heavy (non-hydrogen) atoms. The predicted molar refractivity (Wildman–Crippen MR) is 45.1 cm³/mol. The Bertz CT molecular complexity index is 195. The number of nitrogens with zero attached hydrogens (tertiary/aromatic N) is 2. The van der Waals surface area contributed by atoms with Gasteiger partial charge in [0.1, 0.15) is 0 Å². The van der Waals surface area contributed by atoms with Crippen LogP contribution in [0.4, 0.5) is 4.79 Å². The zero-order valence-electron chi connectivity index (χ0n) is 7.98. The number of carbonyl (C=O) groups excluding carboxylic acids is 1. The Labute approximate surface area is 76.6 Å². The van der Waals surface area contributed by atoms with Gasteiger partial charge in [-0.15, -0.1) is 0 Å². The largest absolute Gasteiger partial charge is 0.465 e. The molecule has 0 saturated heterocycles. The van der Waals surface area contributed by atoms with Gasteiger partial charge < -0.3 is 10.0 Å². The molecule has 0 bridgehead atoms. The molecule has 0 aliphatic rings. The van der Waals surface area contributed by atoms with Crippen molar-refractivity contribution < 1.29 is 19.5 Å². The van der Waals surface area contributed by atoms with Gasteiger partial charge in [-0.3, -0.25) is 9.63 Å². The summed E-state index contributed by atoms with van der Waals surface area (Å²) >= 11 is 0. The van der Waals surface area contributed by atoms with Gasteiger partial charge in [-0.2, -0.15) is 0 Å². The van der Waals surface area contributed by atoms with Crippen molar-refractivity contribution in [2.24, 2.45) is 0 Å². The molecule has 2 amide bonds. The fraction of sp³-hybridized carbons (Fsp3) is 0.714. The van der Waals surface area contributed by atoms with Gasteiger partial charge in [-0.1, -0.05) is 0 Å². The first kappa shape index (κ1) is 11.7. The molecule has 0 aromatic carbocycles. The van der Waals surface area contributed by atoms with Crippen LogP contribution in [-0.2, 0) is 9.63 Å². The first-order chi connectivity index (χ1) is 5.99. The molecule has 0 aliphatic carbocycles. The van der Waals surface area contributed by atoms with Crippen molar-refractivity contribution in [3.8, 4) is 0 Å². The summed E-state index contributed by atoms with van der Waals surface area (Å²) in [7, 11) is 4.25. The fourth-order valence-corrected chi connectivity index (χ4v) is 0.618. The Balaban J connectivity index is 3.76. The zero-order valence-corrected chi connectivity index (χ0v) is 7.98. The summed E-state index contributed by atoms with van der Waals surface area (Å²) in [5, 5.41) is 9.53. The van der Waals surface area contributed by atoms with Crippen LogP contribution in [0, 0.1) is 0 Å². The third-order valence-corrected chi connectivity index (χ3v) is 1.61. The highest BCUT2D eigenvalue weighted by Crippen LogP contribution is 1.93. The normalized spacial score (nSPS) is 9.46. The SMILES string of the molecule is CON(C)C(=O)CCN(C)C(=O)O. The van der Waals surface area contributed by atoms with Crippen LogP contribution in [0.15, 0.2) is 0 Å². The minimum absolute atomic E-state index is 0.118. The second-order valence-corrected chi connectivity index (χ2v) is 2.53. The van der Waals surface area contributed by atoms with E-state index in [0.29, 0.717) is 0 Å². The lowest BCUT2D eigenvalue weighted by Crippen LogP contribution is -2.32. The van der Waals surface area contributed by atoms with Crippen molar-refractivity contribution in [1.29, 1.82) is 0 Å². The van der Waals surface area contributed by atoms with Crippen molar-refractivity contribution in [3.05, 3.63) is 0 Å². The molecule has 0 fully saturated rings. The average Bonchev–Trinajstić information content (AvgIpc) is 2.11. The molecule has 0 radical (unpaired) electrons. The Hall–Kier alpha value is -1.30. The maximum absolute atomic E-state index is 11.1. The highest BCUT2D eigenvalue weighted by atomic mass is 16.7. The van der Waals surface area contributed by atoms with Crippen molar-refractivity contribution in [2.45, 2.75) is 6.42 Å². The lowest BCUT2D eigenvalue weighted by Gasteiger charge is -2.16. The van der Waals surface area contributed by atoms with Crippen LogP contribution >= 0.6 is 0 Å². The molecule has 1 N–H and O–H groups in total. The number of amides is 2. The molecule has 0 rings (SSSR count). The van der Waals surface area contributed by atoms with Crippen molar-refractivity contribution in [3.63, 3.8) is 0 Å². The number of carbonyl (C=O) groups is 2. The van der Waals surface area contributed by atoms with Crippen LogP contribution in [0.2, 0.25) is 0 Å². The molecule has 6 nitrogen and oxygen atoms in total. The molecule has 0 aromatic heterocycles. The number of hydroxylamine groups is 2. The summed E-state index contributed by atoms with van der Waals surface area (Å²) in [5.74, 6) is -0.254. The first-order valence-corrected chi connectivity index (χ1v) is 3.73. The molecule has 76 valence electrons. The van der Waals surface area contributed by atoms with Gasteiger partial charge in [-0.05, 0) is 0 Å². The lowest BCUT2D eigenvalue weighted by atomic mass is 10.4. The third kappa shape index (κ3) is 4.32. The second kappa shape index (κ2) is 5.36. The summed E-state index contributed by atoms with van der Waals surface area (Å²) in [5.41, 5.74) is 0. The van der Waals surface area contributed by atoms with Gasteiger partial charge in [-0.25, -0.2) is 9.86 Å². The predicted octanol–water partition coefficient (Wildman–Crippen LogP) is 0.00610. The summed E-state index contributed by atoms with van der Waals surface area (Å²) < 4.78 is 0. The third-order valence-electron chi connectivity index (χ3n) is 1.61. The monoisotopic (exact) mass is 190 g/mol. The maximum Gasteiger partial charge on any atom is 0.407 e. The molecule has 0 unspecified atom stereocenters. The summed E-state index contributed by atoms with van der Waals surface area (Å²) in [6.45, 7) is 0.169. The Morgan fingerprint density at radius 2 is 1.92 bits per heavy atom. The van der Waals surface area contributed by atoms with Crippen LogP contribution in [-0.4, -0.2) is 54.8 Å². The van der Waals surface area contributed by atoms with E-state index in [4.69, 9.17) is 5.11 Å². The van der Waals surface area contributed by atoms with E-state index in [1.54, 1.807) is 0 Å². The van der Waals surface area contributed by atoms with Crippen LogP contribution in [0.1, 0.15) is 6.42 Å². The van der Waals surface area contributed by atoms with Crippen molar-refractivity contribution in [1.82, 2.24) is 9.96 Å². The summed E-state index contributed by atoms with van der Waals surface area (Å²) in [6, 6.07) is 0. The maximum atomic E-state index is 11.1. The molecule has 0 saturated carbocycles. The molecule has 0 heterocycles. The molecule has 0 atom stereocenters. The van der Waals surface area contributed by atoms with E-state index < -0.39 is 6.09 Å². The van der Waals surface area contributed by atoms with Gasteiger partial charge in [0.25, 0.3) is 0 Å². The quantitative estimate of drug-likeness (QED) is 0.634. The molecular formula is C7H14N2O4. The Morgan fingerprint density at radius 3 is 2.31 bits per heavy atom. The Kier molecular flexibility index (Phi) is 4.83. The van der Waals surface area contributed by atoms with Gasteiger partial charge in [0.05, 0.1) is 7.11 Å². The van der Waals surface area contributed by atoms with Crippen molar-refractivity contribution in [2.75, 3.05) is 27.7 Å². The van der Waals surface area contributed by atoms with E-state index in [1.165, 1.54) is 21.2 Å². The number of hydrogen-bond acceptors (Lipinski definition) is 3. The van der Waals surface area contributed by atoms with Crippen LogP contribution in [0.25, 0.3) is 0 Å². The van der Waals surface area contributed by atoms with Crippen LogP contribution in [0.5, 0.6) is 0 Å². The van der Waals surface area contributed by atoms with E-state index in [0.717, 1.165) is 9.96 Å². The summed E-state index contributed by atoms with van der Waals surface area (Å²) in [4.78, 5) is 27.1. The van der Waals surface area contributed by atoms with E-state index in [2.05, 4.69) is 4.84 Å². The van der Waals surface area contributed by atoms with Crippen molar-refractivity contribution >= 4 is 12.0 Å². The molecule has 0 spiro atoms. The molecule has 0 aliphatic heterocycles. The smallest absolute Gasteiger partial charge is 0.407 e. The minimum atomic E-state index is -1.05.